The van der Waals surface area contributed by atoms with Crippen LogP contribution in [-0.4, -0.2) is 5.91 Å². The van der Waals surface area contributed by atoms with E-state index in [1.54, 1.807) is 29.5 Å². The Bertz CT molecular complexity index is 509. The third kappa shape index (κ3) is 2.20. The van der Waals surface area contributed by atoms with E-state index in [0.717, 1.165) is 9.10 Å². The zero-order chi connectivity index (χ0) is 11.5. The van der Waals surface area contributed by atoms with Crippen LogP contribution in [-0.2, 0) is 0 Å². The lowest BCUT2D eigenvalue weighted by Gasteiger charge is -2.07. The van der Waals surface area contributed by atoms with E-state index in [1.807, 2.05) is 17.5 Å². The Balaban J connectivity index is 2.42. The van der Waals surface area contributed by atoms with Crippen LogP contribution in [0.2, 0.25) is 0 Å². The molecule has 3 nitrogen and oxygen atoms in total. The minimum Gasteiger partial charge on any atom is -0.398 e. The van der Waals surface area contributed by atoms with Crippen LogP contribution in [0.25, 0.3) is 0 Å². The molecule has 0 unspecified atom stereocenters. The number of hydrogen-bond acceptors (Lipinski definition) is 4. The molecular weight excluding hydrogens is 240 g/mol. The maximum absolute atomic E-state index is 11.3. The Morgan fingerprint density at radius 2 is 2.06 bits per heavy atom. The number of nitrogens with two attached hydrogens (primary N) is 2. The molecule has 0 fully saturated rings. The summed E-state index contributed by atoms with van der Waals surface area (Å²) in [6, 6.07) is 9.12. The highest BCUT2D eigenvalue weighted by Gasteiger charge is 2.12. The first-order valence-electron chi connectivity index (χ1n) is 4.58. The second kappa shape index (κ2) is 4.59. The van der Waals surface area contributed by atoms with Crippen LogP contribution >= 0.6 is 23.1 Å². The molecule has 0 aliphatic heterocycles. The van der Waals surface area contributed by atoms with Crippen molar-refractivity contribution >= 4 is 34.7 Å². The zero-order valence-corrected chi connectivity index (χ0v) is 9.98. The van der Waals surface area contributed by atoms with Gasteiger partial charge >= 0.3 is 0 Å². The van der Waals surface area contributed by atoms with Crippen molar-refractivity contribution in [2.24, 2.45) is 5.73 Å². The Morgan fingerprint density at radius 1 is 1.25 bits per heavy atom. The number of hydrogen-bond donors (Lipinski definition) is 2. The number of amides is 1. The molecule has 0 atom stereocenters. The van der Waals surface area contributed by atoms with Gasteiger partial charge in [0.15, 0.2) is 0 Å². The lowest BCUT2D eigenvalue weighted by Crippen LogP contribution is -2.12. The molecule has 2 aromatic rings. The molecule has 0 bridgehead atoms. The molecule has 0 aliphatic carbocycles. The minimum atomic E-state index is -0.452. The monoisotopic (exact) mass is 250 g/mol. The normalized spacial score (nSPS) is 10.2. The molecule has 82 valence electrons. The molecule has 2 rings (SSSR count). The van der Waals surface area contributed by atoms with E-state index in [-0.39, 0.29) is 0 Å². The standard InChI is InChI=1S/C11H10N2OS2/c12-8-4-1-3-7(11(13)14)10(8)16-9-5-2-6-15-9/h1-6H,12H2,(H2,13,14). The van der Waals surface area contributed by atoms with Crippen LogP contribution in [0.4, 0.5) is 5.69 Å². The number of thiophene rings is 1. The van der Waals surface area contributed by atoms with Crippen molar-refractivity contribution in [2.45, 2.75) is 9.10 Å². The van der Waals surface area contributed by atoms with Crippen molar-refractivity contribution in [1.29, 1.82) is 0 Å². The largest absolute Gasteiger partial charge is 0.398 e. The van der Waals surface area contributed by atoms with Gasteiger partial charge < -0.3 is 11.5 Å². The van der Waals surface area contributed by atoms with Crippen molar-refractivity contribution in [3.8, 4) is 0 Å². The molecule has 0 radical (unpaired) electrons. The Morgan fingerprint density at radius 3 is 2.69 bits per heavy atom. The predicted molar refractivity (Wildman–Crippen MR) is 67.8 cm³/mol. The fraction of sp³-hybridized carbons (Fsp3) is 0. The summed E-state index contributed by atoms with van der Waals surface area (Å²) in [4.78, 5) is 12.0. The van der Waals surface area contributed by atoms with E-state index in [2.05, 4.69) is 0 Å². The van der Waals surface area contributed by atoms with Gasteiger partial charge in [-0.15, -0.1) is 11.3 Å². The number of carbonyl (C=O) groups is 1. The van der Waals surface area contributed by atoms with Gasteiger partial charge in [-0.1, -0.05) is 23.9 Å². The molecule has 4 N–H and O–H groups in total. The quantitative estimate of drug-likeness (QED) is 0.823. The van der Waals surface area contributed by atoms with E-state index < -0.39 is 5.91 Å². The van der Waals surface area contributed by atoms with Gasteiger partial charge in [0, 0.05) is 10.6 Å². The molecule has 0 saturated heterocycles. The van der Waals surface area contributed by atoms with Crippen molar-refractivity contribution in [3.05, 3.63) is 41.3 Å². The van der Waals surface area contributed by atoms with Crippen LogP contribution in [0, 0.1) is 0 Å². The van der Waals surface area contributed by atoms with Gasteiger partial charge in [-0.2, -0.15) is 0 Å². The number of nitrogen functional groups attached to an aromatic ring is 1. The van der Waals surface area contributed by atoms with Crippen LogP contribution in [0.1, 0.15) is 10.4 Å². The maximum atomic E-state index is 11.3. The van der Waals surface area contributed by atoms with Gasteiger partial charge in [0.25, 0.3) is 0 Å². The van der Waals surface area contributed by atoms with Gasteiger partial charge in [0.1, 0.15) is 0 Å². The van der Waals surface area contributed by atoms with Crippen LogP contribution in [0.5, 0.6) is 0 Å². The number of rotatable bonds is 3. The highest BCUT2D eigenvalue weighted by molar-refractivity contribution is 8.01. The first-order valence-corrected chi connectivity index (χ1v) is 6.28. The summed E-state index contributed by atoms with van der Waals surface area (Å²) in [6.45, 7) is 0. The first-order chi connectivity index (χ1) is 7.68. The fourth-order valence-electron chi connectivity index (χ4n) is 1.28. The summed E-state index contributed by atoms with van der Waals surface area (Å²) in [7, 11) is 0. The molecule has 1 amide bonds. The Hall–Kier alpha value is -1.46. The van der Waals surface area contributed by atoms with Crippen molar-refractivity contribution in [2.75, 3.05) is 5.73 Å². The fourth-order valence-corrected chi connectivity index (χ4v) is 3.15. The molecular formula is C11H10N2OS2. The van der Waals surface area contributed by atoms with E-state index in [1.165, 1.54) is 11.8 Å². The van der Waals surface area contributed by atoms with Crippen LogP contribution < -0.4 is 11.5 Å². The molecule has 0 saturated carbocycles. The lowest BCUT2D eigenvalue weighted by molar-refractivity contribution is 0.0997. The molecule has 1 aromatic heterocycles. The Kier molecular flexibility index (Phi) is 3.17. The van der Waals surface area contributed by atoms with E-state index >= 15 is 0 Å². The average molecular weight is 250 g/mol. The second-order valence-electron chi connectivity index (χ2n) is 3.12. The Labute approximate surface area is 101 Å². The SMILES string of the molecule is NC(=O)c1cccc(N)c1Sc1cccs1. The van der Waals surface area contributed by atoms with Crippen LogP contribution in [0.15, 0.2) is 44.8 Å². The molecule has 0 spiro atoms. The molecule has 0 aliphatic rings. The summed E-state index contributed by atoms with van der Waals surface area (Å²) in [5, 5.41) is 1.98. The highest BCUT2D eigenvalue weighted by atomic mass is 32.2. The van der Waals surface area contributed by atoms with Gasteiger partial charge in [0.05, 0.1) is 9.77 Å². The third-order valence-electron chi connectivity index (χ3n) is 2.01. The number of benzene rings is 1. The smallest absolute Gasteiger partial charge is 0.249 e. The second-order valence-corrected chi connectivity index (χ2v) is 5.38. The van der Waals surface area contributed by atoms with Gasteiger partial charge in [-0.05, 0) is 23.6 Å². The van der Waals surface area contributed by atoms with Crippen molar-refractivity contribution in [1.82, 2.24) is 0 Å². The zero-order valence-electron chi connectivity index (χ0n) is 8.34. The van der Waals surface area contributed by atoms with Crippen molar-refractivity contribution < 1.29 is 4.79 Å². The molecule has 1 aromatic carbocycles. The van der Waals surface area contributed by atoms with E-state index in [4.69, 9.17) is 11.5 Å². The van der Waals surface area contributed by atoms with E-state index in [0.29, 0.717) is 11.3 Å². The summed E-state index contributed by atoms with van der Waals surface area (Å²) in [6.07, 6.45) is 0. The number of carbonyl (C=O) groups excluding carboxylic acids is 1. The number of anilines is 1. The minimum absolute atomic E-state index is 0.452. The molecule has 5 heteroatoms. The van der Waals surface area contributed by atoms with Crippen LogP contribution in [0.3, 0.4) is 0 Å². The maximum Gasteiger partial charge on any atom is 0.249 e. The predicted octanol–water partition coefficient (Wildman–Crippen LogP) is 2.58. The molecule has 1 heterocycles. The van der Waals surface area contributed by atoms with Crippen molar-refractivity contribution in [3.63, 3.8) is 0 Å². The molecule has 16 heavy (non-hydrogen) atoms. The summed E-state index contributed by atoms with van der Waals surface area (Å²) in [5.41, 5.74) is 12.2. The lowest BCUT2D eigenvalue weighted by atomic mass is 10.2. The first kappa shape index (κ1) is 11.0. The van der Waals surface area contributed by atoms with E-state index in [9.17, 15) is 4.79 Å². The number of primary amides is 1. The third-order valence-corrected chi connectivity index (χ3v) is 4.21. The summed E-state index contributed by atoms with van der Waals surface area (Å²) in [5.74, 6) is -0.452. The topological polar surface area (TPSA) is 69.1 Å². The average Bonchev–Trinajstić information content (AvgIpc) is 2.73. The van der Waals surface area contributed by atoms with Gasteiger partial charge in [0.2, 0.25) is 5.91 Å². The summed E-state index contributed by atoms with van der Waals surface area (Å²) >= 11 is 3.07. The van der Waals surface area contributed by atoms with Gasteiger partial charge in [-0.3, -0.25) is 4.79 Å². The summed E-state index contributed by atoms with van der Waals surface area (Å²) < 4.78 is 1.08. The van der Waals surface area contributed by atoms with Gasteiger partial charge in [-0.25, -0.2) is 0 Å². The highest BCUT2D eigenvalue weighted by Crippen LogP contribution is 2.36.